The molecule has 0 radical (unpaired) electrons. The fourth-order valence-electron chi connectivity index (χ4n) is 2.95. The van der Waals surface area contributed by atoms with Gasteiger partial charge in [0.05, 0.1) is 0 Å². The van der Waals surface area contributed by atoms with Gasteiger partial charge in [-0.1, -0.05) is 29.3 Å². The minimum atomic E-state index is 0. The van der Waals surface area contributed by atoms with Crippen LogP contribution in [0.2, 0.25) is 0 Å². The lowest BCUT2D eigenvalue weighted by molar-refractivity contribution is 0.795. The smallest absolute Gasteiger partial charge is 0.191 e. The van der Waals surface area contributed by atoms with Gasteiger partial charge < -0.3 is 10.6 Å². The molecule has 0 fully saturated rings. The highest BCUT2D eigenvalue weighted by molar-refractivity contribution is 14.0. The molecule has 0 spiro atoms. The summed E-state index contributed by atoms with van der Waals surface area (Å²) >= 11 is 0. The third kappa shape index (κ3) is 7.72. The second-order valence-electron chi connectivity index (χ2n) is 6.49. The van der Waals surface area contributed by atoms with Crippen molar-refractivity contribution >= 4 is 29.9 Å². The number of nitrogens with one attached hydrogen (secondary N) is 2. The highest BCUT2D eigenvalue weighted by Crippen LogP contribution is 2.09. The molecule has 0 aliphatic heterocycles. The predicted molar refractivity (Wildman–Crippen MR) is 122 cm³/mol. The summed E-state index contributed by atoms with van der Waals surface area (Å²) in [5, 5.41) is 6.75. The Balaban J connectivity index is 0.00000338. The lowest BCUT2D eigenvalue weighted by atomic mass is 10.1. The summed E-state index contributed by atoms with van der Waals surface area (Å²) in [6.45, 7) is 11.0. The van der Waals surface area contributed by atoms with Gasteiger partial charge in [0.2, 0.25) is 0 Å². The molecule has 0 bridgehead atoms. The van der Waals surface area contributed by atoms with Crippen molar-refractivity contribution in [2.24, 2.45) is 4.99 Å². The van der Waals surface area contributed by atoms with E-state index in [0.717, 1.165) is 38.4 Å². The van der Waals surface area contributed by atoms with Gasteiger partial charge in [-0.3, -0.25) is 9.98 Å². The fraction of sp³-hybridized carbons (Fsp3) is 0.429. The van der Waals surface area contributed by atoms with Crippen molar-refractivity contribution in [2.75, 3.05) is 19.6 Å². The Kier molecular flexibility index (Phi) is 10.2. The van der Waals surface area contributed by atoms with E-state index in [1.54, 1.807) is 0 Å². The number of guanidine groups is 1. The quantitative estimate of drug-likeness (QED) is 0.369. The van der Waals surface area contributed by atoms with E-state index in [0.29, 0.717) is 0 Å². The lowest BCUT2D eigenvalue weighted by Gasteiger charge is -2.12. The van der Waals surface area contributed by atoms with Crippen molar-refractivity contribution in [3.63, 3.8) is 0 Å². The van der Waals surface area contributed by atoms with Gasteiger partial charge in [-0.2, -0.15) is 0 Å². The normalized spacial score (nSPS) is 11.0. The number of hydrogen-bond acceptors (Lipinski definition) is 2. The summed E-state index contributed by atoms with van der Waals surface area (Å²) in [4.78, 5) is 8.83. The molecule has 0 saturated carbocycles. The molecule has 142 valence electrons. The molecule has 0 amide bonds. The van der Waals surface area contributed by atoms with Crippen LogP contribution in [0.15, 0.2) is 41.7 Å². The maximum Gasteiger partial charge on any atom is 0.191 e. The van der Waals surface area contributed by atoms with Crippen molar-refractivity contribution in [2.45, 2.75) is 40.5 Å². The monoisotopic (exact) mass is 466 g/mol. The first-order valence-electron chi connectivity index (χ1n) is 9.07. The number of aliphatic imine (C=N–C) groups is 1. The second-order valence-corrected chi connectivity index (χ2v) is 6.49. The van der Waals surface area contributed by atoms with Crippen LogP contribution in [-0.4, -0.2) is 30.6 Å². The number of pyridine rings is 1. The minimum absolute atomic E-state index is 0. The molecule has 5 heteroatoms. The van der Waals surface area contributed by atoms with Crippen LogP contribution in [-0.2, 0) is 12.8 Å². The van der Waals surface area contributed by atoms with Crippen LogP contribution in [0.25, 0.3) is 0 Å². The van der Waals surface area contributed by atoms with Crippen molar-refractivity contribution in [3.8, 4) is 0 Å². The molecule has 2 aromatic rings. The van der Waals surface area contributed by atoms with Crippen LogP contribution in [0, 0.1) is 20.8 Å². The Labute approximate surface area is 174 Å². The van der Waals surface area contributed by atoms with E-state index in [-0.39, 0.29) is 24.0 Å². The third-order valence-corrected chi connectivity index (χ3v) is 4.12. The number of benzene rings is 1. The average Bonchev–Trinajstić information content (AvgIpc) is 2.56. The zero-order valence-electron chi connectivity index (χ0n) is 16.3. The Morgan fingerprint density at radius 2 is 1.77 bits per heavy atom. The topological polar surface area (TPSA) is 49.3 Å². The molecule has 2 rings (SSSR count). The number of aryl methyl sites for hydroxylation is 3. The number of aromatic nitrogens is 1. The molecule has 0 atom stereocenters. The first-order chi connectivity index (χ1) is 12.1. The van der Waals surface area contributed by atoms with Crippen LogP contribution < -0.4 is 10.6 Å². The van der Waals surface area contributed by atoms with E-state index in [4.69, 9.17) is 4.99 Å². The van der Waals surface area contributed by atoms with E-state index in [1.165, 1.54) is 27.8 Å². The Morgan fingerprint density at radius 1 is 1.04 bits per heavy atom. The number of rotatable bonds is 7. The molecule has 0 aliphatic carbocycles. The largest absolute Gasteiger partial charge is 0.357 e. The van der Waals surface area contributed by atoms with E-state index >= 15 is 0 Å². The highest BCUT2D eigenvalue weighted by atomic mass is 127. The van der Waals surface area contributed by atoms with E-state index in [2.05, 4.69) is 67.6 Å². The Bertz CT molecular complexity index is 693. The van der Waals surface area contributed by atoms with Crippen LogP contribution in [0.1, 0.15) is 34.7 Å². The maximum absolute atomic E-state index is 4.69. The van der Waals surface area contributed by atoms with Crippen molar-refractivity contribution < 1.29 is 0 Å². The van der Waals surface area contributed by atoms with Gasteiger partial charge in [0, 0.05) is 32.0 Å². The Morgan fingerprint density at radius 3 is 2.42 bits per heavy atom. The number of halogens is 1. The fourth-order valence-corrected chi connectivity index (χ4v) is 2.95. The van der Waals surface area contributed by atoms with E-state index in [9.17, 15) is 0 Å². The molecule has 0 saturated heterocycles. The van der Waals surface area contributed by atoms with E-state index in [1.807, 2.05) is 12.4 Å². The van der Waals surface area contributed by atoms with Gasteiger partial charge >= 0.3 is 0 Å². The van der Waals surface area contributed by atoms with Crippen molar-refractivity contribution in [3.05, 3.63) is 64.5 Å². The zero-order chi connectivity index (χ0) is 18.1. The van der Waals surface area contributed by atoms with Crippen molar-refractivity contribution in [1.82, 2.24) is 15.6 Å². The summed E-state index contributed by atoms with van der Waals surface area (Å²) in [5.74, 6) is 0.888. The highest BCUT2D eigenvalue weighted by Gasteiger charge is 2.01. The average molecular weight is 466 g/mol. The summed E-state index contributed by atoms with van der Waals surface area (Å²) < 4.78 is 0. The zero-order valence-corrected chi connectivity index (χ0v) is 18.6. The standard InChI is InChI=1S/C21H30N4.HI/c1-5-23-21(25-11-8-20-7-9-22-15-18(20)4)24-10-6-19-13-16(2)12-17(3)14-19;/h7,9,12-15H,5-6,8,10-11H2,1-4H3,(H2,23,24,25);1H. The molecule has 1 aromatic heterocycles. The lowest BCUT2D eigenvalue weighted by Crippen LogP contribution is -2.38. The van der Waals surface area contributed by atoms with Gasteiger partial charge in [0.15, 0.2) is 5.96 Å². The number of hydrogen-bond donors (Lipinski definition) is 2. The molecule has 4 nitrogen and oxygen atoms in total. The van der Waals surface area contributed by atoms with Crippen LogP contribution >= 0.6 is 24.0 Å². The summed E-state index contributed by atoms with van der Waals surface area (Å²) in [5.41, 5.74) is 6.55. The van der Waals surface area contributed by atoms with Crippen molar-refractivity contribution in [1.29, 1.82) is 0 Å². The van der Waals surface area contributed by atoms with Gasteiger partial charge in [0.25, 0.3) is 0 Å². The van der Waals surface area contributed by atoms with E-state index < -0.39 is 0 Å². The molecule has 1 heterocycles. The first kappa shape index (κ1) is 22.4. The second kappa shape index (κ2) is 11.9. The van der Waals surface area contributed by atoms with Gasteiger partial charge in [0.1, 0.15) is 0 Å². The Hall–Kier alpha value is -1.63. The molecule has 1 aromatic carbocycles. The van der Waals surface area contributed by atoms with Gasteiger partial charge in [-0.15, -0.1) is 24.0 Å². The first-order valence-corrected chi connectivity index (χ1v) is 9.07. The van der Waals surface area contributed by atoms with Crippen LogP contribution in [0.5, 0.6) is 0 Å². The third-order valence-electron chi connectivity index (χ3n) is 4.12. The van der Waals surface area contributed by atoms with Gasteiger partial charge in [-0.25, -0.2) is 0 Å². The number of nitrogens with zero attached hydrogens (tertiary/aromatic N) is 2. The molecular weight excluding hydrogens is 435 g/mol. The van der Waals surface area contributed by atoms with Crippen LogP contribution in [0.4, 0.5) is 0 Å². The van der Waals surface area contributed by atoms with Gasteiger partial charge in [-0.05, 0) is 63.3 Å². The predicted octanol–water partition coefficient (Wildman–Crippen LogP) is 3.97. The summed E-state index contributed by atoms with van der Waals surface area (Å²) in [7, 11) is 0. The molecule has 0 unspecified atom stereocenters. The molecule has 0 aliphatic rings. The molecule has 26 heavy (non-hydrogen) atoms. The van der Waals surface area contributed by atoms with Crippen LogP contribution in [0.3, 0.4) is 0 Å². The summed E-state index contributed by atoms with van der Waals surface area (Å²) in [6, 6.07) is 8.80. The molecular formula is C21H31IN4. The minimum Gasteiger partial charge on any atom is -0.357 e. The maximum atomic E-state index is 4.69. The SMILES string of the molecule is CCNC(=NCCc1ccncc1C)NCCc1cc(C)cc(C)c1.I. The summed E-state index contributed by atoms with van der Waals surface area (Å²) in [6.07, 6.45) is 5.68. The molecule has 2 N–H and O–H groups in total.